The van der Waals surface area contributed by atoms with Gasteiger partial charge in [0, 0.05) is 12.8 Å². The summed E-state index contributed by atoms with van der Waals surface area (Å²) in [6.45, 7) is -0.303. The predicted octanol–water partition coefficient (Wildman–Crippen LogP) is 0.281. The summed E-state index contributed by atoms with van der Waals surface area (Å²) in [5.41, 5.74) is 0.935. The van der Waals surface area contributed by atoms with Gasteiger partial charge in [0.15, 0.2) is 11.2 Å². The Morgan fingerprint density at radius 2 is 2.00 bits per heavy atom. The molecule has 2 aliphatic rings. The number of aromatic nitrogens is 4. The third-order valence-electron chi connectivity index (χ3n) is 5.57. The second-order valence-corrected chi connectivity index (χ2v) is 7.37. The maximum Gasteiger partial charge on any atom is 0.285 e. The summed E-state index contributed by atoms with van der Waals surface area (Å²) in [6, 6.07) is 9.44. The standard InChI is InChI=1S/C19H21N5O5/c25-8-13-12(26)7-15(29-13)23-9-20-16-17(23)22-19-21-11(10-4-2-1-3-5-10)6-14(27)24(19)18(16)28/h1-5,9,11-15,25-27H,6-8H2,(H,21,22)/t11-,12+,13-,14+,15-/m1/s1. The molecule has 10 nitrogen and oxygen atoms in total. The number of hydrogen-bond donors (Lipinski definition) is 4. The lowest BCUT2D eigenvalue weighted by molar-refractivity contribution is -0.0432. The van der Waals surface area contributed by atoms with Crippen molar-refractivity contribution in [2.75, 3.05) is 11.9 Å². The lowest BCUT2D eigenvalue weighted by Crippen LogP contribution is -2.36. The molecule has 29 heavy (non-hydrogen) atoms. The van der Waals surface area contributed by atoms with Gasteiger partial charge in [0.05, 0.1) is 25.1 Å². The molecule has 1 aromatic carbocycles. The van der Waals surface area contributed by atoms with E-state index < -0.39 is 30.2 Å². The number of imidazole rings is 1. The van der Waals surface area contributed by atoms with Crippen molar-refractivity contribution >= 4 is 17.1 Å². The third kappa shape index (κ3) is 2.92. The summed E-state index contributed by atoms with van der Waals surface area (Å²) >= 11 is 0. The maximum atomic E-state index is 13.0. The summed E-state index contributed by atoms with van der Waals surface area (Å²) in [4.78, 5) is 21.7. The highest BCUT2D eigenvalue weighted by Crippen LogP contribution is 2.34. The average molecular weight is 399 g/mol. The largest absolute Gasteiger partial charge is 0.394 e. The fourth-order valence-corrected chi connectivity index (χ4v) is 4.06. The van der Waals surface area contributed by atoms with Gasteiger partial charge >= 0.3 is 0 Å². The number of fused-ring (bicyclic) bond motifs is 2. The van der Waals surface area contributed by atoms with Gasteiger partial charge < -0.3 is 25.4 Å². The first-order valence-corrected chi connectivity index (χ1v) is 9.50. The van der Waals surface area contributed by atoms with Crippen molar-refractivity contribution in [3.05, 3.63) is 52.6 Å². The molecule has 0 unspecified atom stereocenters. The van der Waals surface area contributed by atoms with Crippen LogP contribution in [0, 0.1) is 0 Å². The summed E-state index contributed by atoms with van der Waals surface area (Å²) in [5, 5.41) is 33.2. The number of aliphatic hydroxyl groups excluding tert-OH is 3. The van der Waals surface area contributed by atoms with Crippen LogP contribution in [-0.4, -0.2) is 53.2 Å². The second-order valence-electron chi connectivity index (χ2n) is 7.37. The monoisotopic (exact) mass is 399 g/mol. The fraction of sp³-hybridized carbons (Fsp3) is 0.421. The highest BCUT2D eigenvalue weighted by molar-refractivity contribution is 5.71. The van der Waals surface area contributed by atoms with Gasteiger partial charge in [0.1, 0.15) is 18.6 Å². The van der Waals surface area contributed by atoms with E-state index in [1.54, 1.807) is 4.57 Å². The van der Waals surface area contributed by atoms with Crippen molar-refractivity contribution in [2.45, 2.75) is 43.5 Å². The second kappa shape index (κ2) is 6.92. The lowest BCUT2D eigenvalue weighted by atomic mass is 10.0. The molecular formula is C19H21N5O5. The Hall–Kier alpha value is -2.79. The van der Waals surface area contributed by atoms with E-state index in [2.05, 4.69) is 15.3 Å². The minimum Gasteiger partial charge on any atom is -0.394 e. The Morgan fingerprint density at radius 1 is 1.21 bits per heavy atom. The minimum atomic E-state index is -1.03. The van der Waals surface area contributed by atoms with Crippen LogP contribution < -0.4 is 10.9 Å². The van der Waals surface area contributed by atoms with Gasteiger partial charge in [-0.25, -0.2) is 9.55 Å². The van der Waals surface area contributed by atoms with Crippen LogP contribution in [0.2, 0.25) is 0 Å². The minimum absolute atomic E-state index is 0.110. The van der Waals surface area contributed by atoms with Crippen molar-refractivity contribution in [2.24, 2.45) is 0 Å². The van der Waals surface area contributed by atoms with E-state index in [4.69, 9.17) is 4.74 Å². The molecule has 1 fully saturated rings. The van der Waals surface area contributed by atoms with Crippen molar-refractivity contribution in [3.63, 3.8) is 0 Å². The molecule has 0 aliphatic carbocycles. The zero-order valence-electron chi connectivity index (χ0n) is 15.4. The van der Waals surface area contributed by atoms with E-state index in [9.17, 15) is 20.1 Å². The Balaban J connectivity index is 1.57. The molecule has 152 valence electrons. The van der Waals surface area contributed by atoms with Crippen molar-refractivity contribution < 1.29 is 20.1 Å². The number of aliphatic hydroxyl groups is 3. The first kappa shape index (κ1) is 18.3. The molecule has 0 amide bonds. The summed E-state index contributed by atoms with van der Waals surface area (Å²) in [7, 11) is 0. The highest BCUT2D eigenvalue weighted by Gasteiger charge is 2.36. The van der Waals surface area contributed by atoms with Crippen molar-refractivity contribution in [3.8, 4) is 0 Å². The molecule has 10 heteroatoms. The fourth-order valence-electron chi connectivity index (χ4n) is 4.06. The Labute approximate surface area is 165 Å². The average Bonchev–Trinajstić information content (AvgIpc) is 3.31. The normalized spacial score (nSPS) is 29.0. The van der Waals surface area contributed by atoms with E-state index in [1.807, 2.05) is 30.3 Å². The van der Waals surface area contributed by atoms with Gasteiger partial charge in [0.25, 0.3) is 5.56 Å². The zero-order chi connectivity index (χ0) is 20.1. The Kier molecular flexibility index (Phi) is 4.36. The number of nitrogens with zero attached hydrogens (tertiary/aromatic N) is 4. The molecule has 0 spiro atoms. The van der Waals surface area contributed by atoms with Gasteiger partial charge in [-0.3, -0.25) is 9.36 Å². The van der Waals surface area contributed by atoms with E-state index in [-0.39, 0.29) is 30.5 Å². The molecule has 0 bridgehead atoms. The Morgan fingerprint density at radius 3 is 2.72 bits per heavy atom. The van der Waals surface area contributed by atoms with Crippen molar-refractivity contribution in [1.29, 1.82) is 0 Å². The SMILES string of the molecule is O=c1c2ncn([C@H]3C[C@H](O)[C@@H](CO)O3)c2nc2n1[C@@H](O)C[C@H](c1ccccc1)N2. The number of nitrogens with one attached hydrogen (secondary N) is 1. The highest BCUT2D eigenvalue weighted by atomic mass is 16.5. The first-order chi connectivity index (χ1) is 14.1. The summed E-state index contributed by atoms with van der Waals surface area (Å²) < 4.78 is 8.46. The third-order valence-corrected chi connectivity index (χ3v) is 5.57. The maximum absolute atomic E-state index is 13.0. The van der Waals surface area contributed by atoms with Crippen LogP contribution in [0.1, 0.15) is 36.9 Å². The van der Waals surface area contributed by atoms with Crippen LogP contribution in [-0.2, 0) is 4.74 Å². The van der Waals surface area contributed by atoms with Gasteiger partial charge in [-0.05, 0) is 5.56 Å². The molecule has 1 saturated heterocycles. The van der Waals surface area contributed by atoms with Gasteiger partial charge in [-0.15, -0.1) is 0 Å². The number of rotatable bonds is 3. The first-order valence-electron chi connectivity index (χ1n) is 9.50. The van der Waals surface area contributed by atoms with Crippen LogP contribution in [0.5, 0.6) is 0 Å². The van der Waals surface area contributed by atoms with Crippen LogP contribution >= 0.6 is 0 Å². The van der Waals surface area contributed by atoms with Crippen LogP contribution in [0.15, 0.2) is 41.5 Å². The lowest BCUT2D eigenvalue weighted by Gasteiger charge is -2.31. The molecule has 0 saturated carbocycles. The van der Waals surface area contributed by atoms with Crippen LogP contribution in [0.4, 0.5) is 5.95 Å². The molecule has 0 radical (unpaired) electrons. The van der Waals surface area contributed by atoms with E-state index >= 15 is 0 Å². The van der Waals surface area contributed by atoms with E-state index in [0.717, 1.165) is 5.56 Å². The van der Waals surface area contributed by atoms with Gasteiger partial charge in [0.2, 0.25) is 5.95 Å². The smallest absolute Gasteiger partial charge is 0.285 e. The number of benzene rings is 1. The molecule has 2 aliphatic heterocycles. The quantitative estimate of drug-likeness (QED) is 0.493. The number of ether oxygens (including phenoxy) is 1. The van der Waals surface area contributed by atoms with Crippen LogP contribution in [0.3, 0.4) is 0 Å². The molecule has 3 aromatic rings. The topological polar surface area (TPSA) is 135 Å². The summed E-state index contributed by atoms with van der Waals surface area (Å²) in [6.07, 6.45) is -1.14. The van der Waals surface area contributed by atoms with E-state index in [1.165, 1.54) is 10.9 Å². The molecule has 5 atom stereocenters. The Bertz CT molecular complexity index is 1100. The van der Waals surface area contributed by atoms with Crippen molar-refractivity contribution in [1.82, 2.24) is 19.1 Å². The molecule has 4 N–H and O–H groups in total. The van der Waals surface area contributed by atoms with Gasteiger partial charge in [-0.2, -0.15) is 4.98 Å². The zero-order valence-corrected chi connectivity index (χ0v) is 15.4. The van der Waals surface area contributed by atoms with Gasteiger partial charge in [-0.1, -0.05) is 30.3 Å². The molecular weight excluding hydrogens is 378 g/mol. The number of anilines is 1. The predicted molar refractivity (Wildman–Crippen MR) is 102 cm³/mol. The molecule has 4 heterocycles. The molecule has 5 rings (SSSR count). The summed E-state index contributed by atoms with van der Waals surface area (Å²) in [5.74, 6) is 0.245. The molecule has 2 aromatic heterocycles. The van der Waals surface area contributed by atoms with E-state index in [0.29, 0.717) is 12.1 Å². The number of hydrogen-bond acceptors (Lipinski definition) is 8. The van der Waals surface area contributed by atoms with Crippen LogP contribution in [0.25, 0.3) is 11.2 Å².